The highest BCUT2D eigenvalue weighted by Gasteiger charge is 2.13. The molecule has 25 heavy (non-hydrogen) atoms. The quantitative estimate of drug-likeness (QED) is 0.896. The Bertz CT molecular complexity index is 770. The molecule has 5 nitrogen and oxygen atoms in total. The Morgan fingerprint density at radius 2 is 1.88 bits per heavy atom. The molecule has 0 bridgehead atoms. The summed E-state index contributed by atoms with van der Waals surface area (Å²) >= 11 is 0. The molecule has 3 rings (SSSR count). The highest BCUT2D eigenvalue weighted by atomic mass is 16.6. The van der Waals surface area contributed by atoms with Crippen LogP contribution in [-0.2, 0) is 4.79 Å². The Balaban J connectivity index is 1.61. The first-order valence-corrected chi connectivity index (χ1v) is 8.46. The largest absolute Gasteiger partial charge is 0.486 e. The molecule has 0 spiro atoms. The van der Waals surface area contributed by atoms with E-state index in [0.29, 0.717) is 36.3 Å². The Morgan fingerprint density at radius 3 is 2.64 bits per heavy atom. The second-order valence-electron chi connectivity index (χ2n) is 6.37. The van der Waals surface area contributed by atoms with Crippen LogP contribution in [0.25, 0.3) is 0 Å². The number of hydrogen-bond acceptors (Lipinski definition) is 4. The minimum absolute atomic E-state index is 0.0448. The SMILES string of the molecule is Cc1ccc(C(C)C)cc1OCC(=O)Nc1ccc2c(c1)OCCO2. The summed E-state index contributed by atoms with van der Waals surface area (Å²) in [6, 6.07) is 11.4. The number of amides is 1. The molecule has 0 atom stereocenters. The Kier molecular flexibility index (Phi) is 5.12. The summed E-state index contributed by atoms with van der Waals surface area (Å²) < 4.78 is 16.7. The predicted molar refractivity (Wildman–Crippen MR) is 96.8 cm³/mol. The molecule has 0 aromatic heterocycles. The van der Waals surface area contributed by atoms with Gasteiger partial charge in [0, 0.05) is 11.8 Å². The van der Waals surface area contributed by atoms with Crippen molar-refractivity contribution in [1.29, 1.82) is 0 Å². The molecule has 1 heterocycles. The Morgan fingerprint density at radius 1 is 1.12 bits per heavy atom. The zero-order chi connectivity index (χ0) is 17.8. The van der Waals surface area contributed by atoms with Crippen molar-refractivity contribution in [3.63, 3.8) is 0 Å². The average molecular weight is 341 g/mol. The van der Waals surface area contributed by atoms with Crippen LogP contribution in [0.2, 0.25) is 0 Å². The minimum atomic E-state index is -0.217. The third kappa shape index (κ3) is 4.24. The van der Waals surface area contributed by atoms with E-state index in [0.717, 1.165) is 11.3 Å². The number of ether oxygens (including phenoxy) is 3. The van der Waals surface area contributed by atoms with Gasteiger partial charge in [-0.25, -0.2) is 0 Å². The molecule has 0 saturated carbocycles. The lowest BCUT2D eigenvalue weighted by Gasteiger charge is -2.19. The fourth-order valence-corrected chi connectivity index (χ4v) is 2.59. The lowest BCUT2D eigenvalue weighted by Crippen LogP contribution is -2.21. The lowest BCUT2D eigenvalue weighted by molar-refractivity contribution is -0.118. The topological polar surface area (TPSA) is 56.8 Å². The number of fused-ring (bicyclic) bond motifs is 1. The molecule has 1 aliphatic heterocycles. The summed E-state index contributed by atoms with van der Waals surface area (Å²) in [5.41, 5.74) is 2.86. The third-order valence-corrected chi connectivity index (χ3v) is 4.06. The average Bonchev–Trinajstić information content (AvgIpc) is 2.60. The molecule has 0 radical (unpaired) electrons. The molecule has 132 valence electrons. The van der Waals surface area contributed by atoms with Crippen molar-refractivity contribution in [2.24, 2.45) is 0 Å². The molecule has 0 aliphatic carbocycles. The van der Waals surface area contributed by atoms with E-state index in [4.69, 9.17) is 14.2 Å². The van der Waals surface area contributed by atoms with Crippen LogP contribution in [0.3, 0.4) is 0 Å². The maximum Gasteiger partial charge on any atom is 0.262 e. The van der Waals surface area contributed by atoms with E-state index in [9.17, 15) is 4.79 Å². The third-order valence-electron chi connectivity index (χ3n) is 4.06. The van der Waals surface area contributed by atoms with Crippen molar-refractivity contribution in [2.75, 3.05) is 25.1 Å². The van der Waals surface area contributed by atoms with Gasteiger partial charge in [0.05, 0.1) is 0 Å². The number of hydrogen-bond donors (Lipinski definition) is 1. The van der Waals surface area contributed by atoms with Crippen LogP contribution in [-0.4, -0.2) is 25.7 Å². The van der Waals surface area contributed by atoms with Crippen molar-refractivity contribution in [3.8, 4) is 17.2 Å². The molecule has 5 heteroatoms. The van der Waals surface area contributed by atoms with Crippen molar-refractivity contribution < 1.29 is 19.0 Å². The van der Waals surface area contributed by atoms with E-state index in [2.05, 4.69) is 25.2 Å². The summed E-state index contributed by atoms with van der Waals surface area (Å²) in [4.78, 5) is 12.2. The fraction of sp³-hybridized carbons (Fsp3) is 0.350. The van der Waals surface area contributed by atoms with Crippen molar-refractivity contribution in [3.05, 3.63) is 47.5 Å². The molecule has 0 unspecified atom stereocenters. The minimum Gasteiger partial charge on any atom is -0.486 e. The van der Waals surface area contributed by atoms with Gasteiger partial charge in [0.1, 0.15) is 19.0 Å². The molecule has 2 aromatic carbocycles. The molecular formula is C20H23NO4. The fourth-order valence-electron chi connectivity index (χ4n) is 2.59. The highest BCUT2D eigenvalue weighted by Crippen LogP contribution is 2.32. The van der Waals surface area contributed by atoms with Crippen molar-refractivity contribution in [1.82, 2.24) is 0 Å². The van der Waals surface area contributed by atoms with Gasteiger partial charge in [0.25, 0.3) is 5.91 Å². The van der Waals surface area contributed by atoms with Gasteiger partial charge in [0.15, 0.2) is 18.1 Å². The van der Waals surface area contributed by atoms with Gasteiger partial charge in [0.2, 0.25) is 0 Å². The molecule has 2 aromatic rings. The van der Waals surface area contributed by atoms with Crippen molar-refractivity contribution >= 4 is 11.6 Å². The molecule has 1 amide bonds. The number of nitrogens with one attached hydrogen (secondary N) is 1. The van der Waals surface area contributed by atoms with E-state index < -0.39 is 0 Å². The van der Waals surface area contributed by atoms with Crippen LogP contribution in [0, 0.1) is 6.92 Å². The zero-order valence-corrected chi connectivity index (χ0v) is 14.8. The maximum atomic E-state index is 12.2. The lowest BCUT2D eigenvalue weighted by atomic mass is 10.0. The standard InChI is InChI=1S/C20H23NO4/c1-13(2)15-5-4-14(3)18(10-15)25-12-20(22)21-16-6-7-17-19(11-16)24-9-8-23-17/h4-7,10-11,13H,8-9,12H2,1-3H3,(H,21,22). The summed E-state index contributed by atoms with van der Waals surface area (Å²) in [6.07, 6.45) is 0. The summed E-state index contributed by atoms with van der Waals surface area (Å²) in [5.74, 6) is 2.27. The van der Waals surface area contributed by atoms with Gasteiger partial charge in [-0.2, -0.15) is 0 Å². The maximum absolute atomic E-state index is 12.2. The predicted octanol–water partition coefficient (Wildman–Crippen LogP) is 3.91. The summed E-state index contributed by atoms with van der Waals surface area (Å²) in [6.45, 7) is 7.24. The summed E-state index contributed by atoms with van der Waals surface area (Å²) in [7, 11) is 0. The second-order valence-corrected chi connectivity index (χ2v) is 6.37. The number of anilines is 1. The van der Waals surface area contributed by atoms with Gasteiger partial charge in [-0.1, -0.05) is 26.0 Å². The number of carbonyl (C=O) groups excluding carboxylic acids is 1. The molecule has 0 saturated heterocycles. The highest BCUT2D eigenvalue weighted by molar-refractivity contribution is 5.92. The zero-order valence-electron chi connectivity index (χ0n) is 14.8. The van der Waals surface area contributed by atoms with E-state index in [1.807, 2.05) is 19.1 Å². The van der Waals surface area contributed by atoms with Gasteiger partial charge >= 0.3 is 0 Å². The van der Waals surface area contributed by atoms with E-state index in [-0.39, 0.29) is 12.5 Å². The number of benzene rings is 2. The number of rotatable bonds is 5. The first-order valence-electron chi connectivity index (χ1n) is 8.46. The van der Waals surface area contributed by atoms with E-state index in [1.165, 1.54) is 5.56 Å². The molecule has 1 N–H and O–H groups in total. The first-order chi connectivity index (χ1) is 12.0. The second kappa shape index (κ2) is 7.47. The van der Waals surface area contributed by atoms with Crippen molar-refractivity contribution in [2.45, 2.75) is 26.7 Å². The van der Waals surface area contributed by atoms with Crippen LogP contribution in [0.5, 0.6) is 17.2 Å². The Hall–Kier alpha value is -2.69. The van der Waals surface area contributed by atoms with Gasteiger partial charge in [-0.05, 0) is 42.2 Å². The van der Waals surface area contributed by atoms with Gasteiger partial charge in [-0.15, -0.1) is 0 Å². The monoisotopic (exact) mass is 341 g/mol. The smallest absolute Gasteiger partial charge is 0.262 e. The summed E-state index contributed by atoms with van der Waals surface area (Å²) in [5, 5.41) is 2.82. The van der Waals surface area contributed by atoms with Gasteiger partial charge in [-0.3, -0.25) is 4.79 Å². The molecule has 0 fully saturated rings. The molecular weight excluding hydrogens is 318 g/mol. The van der Waals surface area contributed by atoms with E-state index >= 15 is 0 Å². The molecule has 1 aliphatic rings. The Labute approximate surface area is 147 Å². The number of carbonyl (C=O) groups is 1. The van der Waals surface area contributed by atoms with Gasteiger partial charge < -0.3 is 19.5 Å². The van der Waals surface area contributed by atoms with Crippen LogP contribution >= 0.6 is 0 Å². The van der Waals surface area contributed by atoms with Crippen LogP contribution in [0.15, 0.2) is 36.4 Å². The van der Waals surface area contributed by atoms with Crippen LogP contribution in [0.4, 0.5) is 5.69 Å². The van der Waals surface area contributed by atoms with Crippen LogP contribution in [0.1, 0.15) is 30.9 Å². The van der Waals surface area contributed by atoms with E-state index in [1.54, 1.807) is 18.2 Å². The first kappa shape index (κ1) is 17.1. The van der Waals surface area contributed by atoms with Crippen LogP contribution < -0.4 is 19.5 Å². The number of aryl methyl sites for hydroxylation is 1. The normalized spacial score (nSPS) is 12.8.